The van der Waals surface area contributed by atoms with Gasteiger partial charge in [0.2, 0.25) is 0 Å². The maximum absolute atomic E-state index is 12.3. The lowest BCUT2D eigenvalue weighted by Crippen LogP contribution is -2.54. The zero-order chi connectivity index (χ0) is 15.5. The molecule has 1 saturated heterocycles. The van der Waals surface area contributed by atoms with E-state index in [0.717, 1.165) is 19.4 Å². The van der Waals surface area contributed by atoms with Gasteiger partial charge in [-0.1, -0.05) is 12.1 Å². The second kappa shape index (κ2) is 4.59. The number of nitrogens with zero attached hydrogens (tertiary/aromatic N) is 1. The molecule has 0 spiro atoms. The number of H-pyrrole nitrogens is 1. The van der Waals surface area contributed by atoms with E-state index in [9.17, 15) is 4.79 Å². The molecule has 0 amide bonds. The summed E-state index contributed by atoms with van der Waals surface area (Å²) in [4.78, 5) is 18.0. The lowest BCUT2D eigenvalue weighted by atomic mass is 9.67. The van der Waals surface area contributed by atoms with Crippen molar-refractivity contribution in [3.05, 3.63) is 35.5 Å². The van der Waals surface area contributed by atoms with E-state index in [0.29, 0.717) is 12.0 Å². The van der Waals surface area contributed by atoms with E-state index in [1.54, 1.807) is 0 Å². The summed E-state index contributed by atoms with van der Waals surface area (Å²) >= 11 is 0. The van der Waals surface area contributed by atoms with Gasteiger partial charge in [-0.05, 0) is 44.0 Å². The zero-order valence-corrected chi connectivity index (χ0v) is 13.3. The molecule has 4 rings (SSSR count). The van der Waals surface area contributed by atoms with Gasteiger partial charge < -0.3 is 14.6 Å². The topological polar surface area (TPSA) is 45.3 Å². The van der Waals surface area contributed by atoms with Gasteiger partial charge in [-0.3, -0.25) is 4.79 Å². The van der Waals surface area contributed by atoms with Gasteiger partial charge in [-0.25, -0.2) is 0 Å². The van der Waals surface area contributed by atoms with Crippen molar-refractivity contribution in [2.24, 2.45) is 5.41 Å². The molecule has 1 N–H and O–H groups in total. The monoisotopic (exact) mass is 298 g/mol. The molecule has 0 radical (unpaired) electrons. The Balaban J connectivity index is 1.83. The van der Waals surface area contributed by atoms with Crippen molar-refractivity contribution in [2.45, 2.75) is 31.7 Å². The highest BCUT2D eigenvalue weighted by atomic mass is 16.5. The standard InChI is InChI=1S/C18H22N2O2/c1-18(17(21)22-3)8-13-12-5-4-6-14-16(12)11(9-19-14)7-15(13)20(2)10-18/h4-6,9,13,15,19H,7-8,10H2,1-3H3/t13?,15-,18+/m1/s1. The van der Waals surface area contributed by atoms with Crippen molar-refractivity contribution in [3.8, 4) is 0 Å². The van der Waals surface area contributed by atoms with Gasteiger partial charge in [0.05, 0.1) is 12.5 Å². The summed E-state index contributed by atoms with van der Waals surface area (Å²) in [5.74, 6) is 0.291. The molecule has 3 atom stereocenters. The Hall–Kier alpha value is -1.81. The van der Waals surface area contributed by atoms with Gasteiger partial charge >= 0.3 is 5.97 Å². The van der Waals surface area contributed by atoms with Crippen LogP contribution in [0, 0.1) is 5.41 Å². The predicted molar refractivity (Wildman–Crippen MR) is 85.9 cm³/mol. The largest absolute Gasteiger partial charge is 0.469 e. The first-order valence-corrected chi connectivity index (χ1v) is 7.91. The molecule has 4 heteroatoms. The fourth-order valence-electron chi connectivity index (χ4n) is 4.65. The molecule has 1 unspecified atom stereocenters. The Morgan fingerprint density at radius 1 is 1.45 bits per heavy atom. The first-order chi connectivity index (χ1) is 10.5. The molecule has 1 aromatic carbocycles. The van der Waals surface area contributed by atoms with E-state index < -0.39 is 5.41 Å². The fraction of sp³-hybridized carbons (Fsp3) is 0.500. The molecule has 1 aromatic heterocycles. The SMILES string of the molecule is COC(=O)[C@@]1(C)CC2c3cccc4[nH]cc(c34)C[C@H]2N(C)C1. The number of benzene rings is 1. The summed E-state index contributed by atoms with van der Waals surface area (Å²) < 4.78 is 5.08. The summed E-state index contributed by atoms with van der Waals surface area (Å²) in [5, 5.41) is 1.37. The first kappa shape index (κ1) is 13.8. The van der Waals surface area contributed by atoms with Crippen molar-refractivity contribution in [1.82, 2.24) is 9.88 Å². The third-order valence-corrected chi connectivity index (χ3v) is 5.63. The number of carbonyl (C=O) groups excluding carboxylic acids is 1. The van der Waals surface area contributed by atoms with Crippen molar-refractivity contribution in [2.75, 3.05) is 20.7 Å². The Bertz CT molecular complexity index is 751. The Morgan fingerprint density at radius 2 is 2.27 bits per heavy atom. The molecule has 1 fully saturated rings. The van der Waals surface area contributed by atoms with Gasteiger partial charge in [0, 0.05) is 35.6 Å². The number of methoxy groups -OCH3 is 1. The molecular formula is C18H22N2O2. The number of aromatic amines is 1. The summed E-state index contributed by atoms with van der Waals surface area (Å²) in [6.45, 7) is 2.80. The Kier molecular flexibility index (Phi) is 2.89. The number of rotatable bonds is 1. The van der Waals surface area contributed by atoms with Crippen LogP contribution in [-0.2, 0) is 16.0 Å². The summed E-state index contributed by atoms with van der Waals surface area (Å²) in [6, 6.07) is 6.94. The van der Waals surface area contributed by atoms with E-state index in [2.05, 4.69) is 41.3 Å². The third kappa shape index (κ3) is 1.76. The van der Waals surface area contributed by atoms with E-state index >= 15 is 0 Å². The van der Waals surface area contributed by atoms with Gasteiger partial charge in [-0.15, -0.1) is 0 Å². The average Bonchev–Trinajstić information content (AvgIpc) is 2.92. The van der Waals surface area contributed by atoms with Gasteiger partial charge in [0.1, 0.15) is 0 Å². The minimum absolute atomic E-state index is 0.0927. The van der Waals surface area contributed by atoms with E-state index in [1.807, 2.05) is 6.92 Å². The number of esters is 1. The smallest absolute Gasteiger partial charge is 0.312 e. The average molecular weight is 298 g/mol. The molecule has 1 aliphatic carbocycles. The van der Waals surface area contributed by atoms with Crippen molar-refractivity contribution in [3.63, 3.8) is 0 Å². The maximum atomic E-state index is 12.3. The first-order valence-electron chi connectivity index (χ1n) is 7.91. The van der Waals surface area contributed by atoms with Crippen LogP contribution in [-0.4, -0.2) is 42.6 Å². The normalized spacial score (nSPS) is 31.0. The lowest BCUT2D eigenvalue weighted by Gasteiger charge is -2.48. The van der Waals surface area contributed by atoms with Crippen LogP contribution in [0.4, 0.5) is 0 Å². The van der Waals surface area contributed by atoms with Crippen LogP contribution in [0.25, 0.3) is 10.9 Å². The van der Waals surface area contributed by atoms with Gasteiger partial charge in [-0.2, -0.15) is 0 Å². The van der Waals surface area contributed by atoms with Gasteiger partial charge in [0.25, 0.3) is 0 Å². The number of piperidine rings is 1. The van der Waals surface area contributed by atoms with E-state index in [4.69, 9.17) is 4.74 Å². The number of hydrogen-bond donors (Lipinski definition) is 1. The summed E-state index contributed by atoms with van der Waals surface area (Å²) in [5.41, 5.74) is 3.56. The molecule has 116 valence electrons. The van der Waals surface area contributed by atoms with E-state index in [-0.39, 0.29) is 5.97 Å². The lowest BCUT2D eigenvalue weighted by molar-refractivity contribution is -0.156. The van der Waals surface area contributed by atoms with Crippen LogP contribution in [0.5, 0.6) is 0 Å². The third-order valence-electron chi connectivity index (χ3n) is 5.63. The fourth-order valence-corrected chi connectivity index (χ4v) is 4.65. The molecule has 2 aromatic rings. The second-order valence-electron chi connectivity index (χ2n) is 7.13. The quantitative estimate of drug-likeness (QED) is 0.823. The minimum atomic E-state index is -0.430. The molecular weight excluding hydrogens is 276 g/mol. The van der Waals surface area contributed by atoms with Crippen LogP contribution in [0.1, 0.15) is 30.4 Å². The molecule has 0 bridgehead atoms. The van der Waals surface area contributed by atoms with Crippen LogP contribution in [0.3, 0.4) is 0 Å². The molecule has 2 aliphatic rings. The van der Waals surface area contributed by atoms with Crippen molar-refractivity contribution < 1.29 is 9.53 Å². The van der Waals surface area contributed by atoms with Crippen LogP contribution in [0.2, 0.25) is 0 Å². The number of fused-ring (bicyclic) bond motifs is 2. The predicted octanol–water partition coefficient (Wildman–Crippen LogP) is 2.69. The van der Waals surface area contributed by atoms with Crippen molar-refractivity contribution in [1.29, 1.82) is 0 Å². The zero-order valence-electron chi connectivity index (χ0n) is 13.3. The maximum Gasteiger partial charge on any atom is 0.312 e. The number of carbonyl (C=O) groups is 1. The number of nitrogens with one attached hydrogen (secondary N) is 1. The highest BCUT2D eigenvalue weighted by Gasteiger charge is 2.48. The van der Waals surface area contributed by atoms with Crippen LogP contribution in [0.15, 0.2) is 24.4 Å². The number of ether oxygens (including phenoxy) is 1. The van der Waals surface area contributed by atoms with Crippen molar-refractivity contribution >= 4 is 16.9 Å². The van der Waals surface area contributed by atoms with Gasteiger partial charge in [0.15, 0.2) is 0 Å². The second-order valence-corrected chi connectivity index (χ2v) is 7.13. The van der Waals surface area contributed by atoms with Crippen LogP contribution >= 0.6 is 0 Å². The summed E-state index contributed by atoms with van der Waals surface area (Å²) in [6.07, 6.45) is 4.06. The highest BCUT2D eigenvalue weighted by Crippen LogP contribution is 2.48. The molecule has 2 heterocycles. The van der Waals surface area contributed by atoms with Crippen LogP contribution < -0.4 is 0 Å². The summed E-state index contributed by atoms with van der Waals surface area (Å²) in [7, 11) is 3.63. The minimum Gasteiger partial charge on any atom is -0.469 e. The van der Waals surface area contributed by atoms with E-state index in [1.165, 1.54) is 29.1 Å². The molecule has 0 saturated carbocycles. The number of likely N-dealkylation sites (tertiary alicyclic amines) is 1. The Morgan fingerprint density at radius 3 is 3.05 bits per heavy atom. The number of hydrogen-bond acceptors (Lipinski definition) is 3. The highest BCUT2D eigenvalue weighted by molar-refractivity contribution is 5.88. The number of aromatic nitrogens is 1. The molecule has 4 nitrogen and oxygen atoms in total. The molecule has 22 heavy (non-hydrogen) atoms. The Labute approximate surface area is 130 Å². The molecule has 1 aliphatic heterocycles. The number of likely N-dealkylation sites (N-methyl/N-ethyl adjacent to an activating group) is 1.